The molecule has 16 heavy (non-hydrogen) atoms. The van der Waals surface area contributed by atoms with Crippen LogP contribution in [0.2, 0.25) is 0 Å². The van der Waals surface area contributed by atoms with Crippen LogP contribution in [0.1, 0.15) is 37.9 Å². The molecule has 0 bridgehead atoms. The van der Waals surface area contributed by atoms with Gasteiger partial charge in [-0.05, 0) is 24.3 Å². The Morgan fingerprint density at radius 1 is 1.31 bits per heavy atom. The second kappa shape index (κ2) is 4.79. The number of benzene rings is 1. The zero-order chi connectivity index (χ0) is 11.5. The minimum atomic E-state index is -0.628. The van der Waals surface area contributed by atoms with E-state index in [1.54, 1.807) is 0 Å². The molecule has 0 unspecified atom stereocenters. The first-order chi connectivity index (χ1) is 7.68. The maximum atomic E-state index is 11.8. The Kier molecular flexibility index (Phi) is 3.39. The summed E-state index contributed by atoms with van der Waals surface area (Å²) in [6.45, 7) is 2.15. The number of rotatable bonds is 2. The number of Topliss-reactive ketones (excluding diaryl/α,β-unsaturated/α-hetero) is 1. The molecule has 86 valence electrons. The van der Waals surface area contributed by atoms with Gasteiger partial charge in [0.05, 0.1) is 6.10 Å². The Balaban J connectivity index is 2.14. The van der Waals surface area contributed by atoms with Crippen molar-refractivity contribution in [3.8, 4) is 0 Å². The number of hydrogen-bond donors (Lipinski definition) is 1. The third-order valence-electron chi connectivity index (χ3n) is 3.48. The largest absolute Gasteiger partial charge is 0.388 e. The van der Waals surface area contributed by atoms with E-state index in [4.69, 9.17) is 0 Å². The highest BCUT2D eigenvalue weighted by molar-refractivity contribution is 5.82. The molecule has 0 amide bonds. The average molecular weight is 218 g/mol. The molecule has 2 rings (SSSR count). The summed E-state index contributed by atoms with van der Waals surface area (Å²) in [4.78, 5) is 11.8. The van der Waals surface area contributed by atoms with Crippen molar-refractivity contribution in [2.24, 2.45) is 11.8 Å². The number of aliphatic hydroxyl groups excluding tert-OH is 1. The van der Waals surface area contributed by atoms with Gasteiger partial charge in [0.1, 0.15) is 5.78 Å². The highest BCUT2D eigenvalue weighted by atomic mass is 16.3. The first-order valence-corrected chi connectivity index (χ1v) is 5.94. The van der Waals surface area contributed by atoms with Crippen LogP contribution < -0.4 is 0 Å². The maximum Gasteiger partial charge on any atom is 0.138 e. The molecule has 1 aliphatic rings. The lowest BCUT2D eigenvalue weighted by Crippen LogP contribution is -2.28. The van der Waals surface area contributed by atoms with Gasteiger partial charge < -0.3 is 5.11 Å². The van der Waals surface area contributed by atoms with E-state index in [0.717, 1.165) is 18.4 Å². The fourth-order valence-electron chi connectivity index (χ4n) is 2.44. The smallest absolute Gasteiger partial charge is 0.138 e. The molecule has 0 radical (unpaired) electrons. The van der Waals surface area contributed by atoms with Crippen molar-refractivity contribution in [1.29, 1.82) is 0 Å². The second-order valence-electron chi connectivity index (χ2n) is 4.81. The number of carbonyl (C=O) groups is 1. The van der Waals surface area contributed by atoms with Crippen molar-refractivity contribution < 1.29 is 9.90 Å². The number of aliphatic hydroxyl groups is 1. The standard InChI is InChI=1S/C14H18O2/c1-10-7-8-13(15)12(9-10)14(16)11-5-3-2-4-6-11/h2-6,10,12,14,16H,7-9H2,1H3/t10-,12-,14+/m0/s1. The van der Waals surface area contributed by atoms with Gasteiger partial charge >= 0.3 is 0 Å². The molecule has 1 aromatic carbocycles. The van der Waals surface area contributed by atoms with E-state index >= 15 is 0 Å². The topological polar surface area (TPSA) is 37.3 Å². The SMILES string of the molecule is C[C@H]1CCC(=O)[C@@H]([C@H](O)c2ccccc2)C1. The second-order valence-corrected chi connectivity index (χ2v) is 4.81. The van der Waals surface area contributed by atoms with Gasteiger partial charge in [-0.1, -0.05) is 37.3 Å². The molecule has 0 spiro atoms. The fraction of sp³-hybridized carbons (Fsp3) is 0.500. The molecule has 2 nitrogen and oxygen atoms in total. The van der Waals surface area contributed by atoms with E-state index in [-0.39, 0.29) is 11.7 Å². The Morgan fingerprint density at radius 3 is 2.69 bits per heavy atom. The van der Waals surface area contributed by atoms with Crippen LogP contribution in [0, 0.1) is 11.8 Å². The average Bonchev–Trinajstić information content (AvgIpc) is 2.32. The van der Waals surface area contributed by atoms with Crippen LogP contribution in [-0.2, 0) is 4.79 Å². The van der Waals surface area contributed by atoms with Gasteiger partial charge in [-0.2, -0.15) is 0 Å². The lowest BCUT2D eigenvalue weighted by atomic mass is 9.77. The van der Waals surface area contributed by atoms with Crippen LogP contribution in [0.15, 0.2) is 30.3 Å². The third kappa shape index (κ3) is 2.33. The van der Waals surface area contributed by atoms with Crippen LogP contribution in [0.25, 0.3) is 0 Å². The lowest BCUT2D eigenvalue weighted by molar-refractivity contribution is -0.129. The van der Waals surface area contributed by atoms with E-state index in [1.165, 1.54) is 0 Å². The zero-order valence-electron chi connectivity index (χ0n) is 9.60. The molecule has 1 fully saturated rings. The highest BCUT2D eigenvalue weighted by Crippen LogP contribution is 2.34. The summed E-state index contributed by atoms with van der Waals surface area (Å²) in [5.74, 6) is 0.557. The van der Waals surface area contributed by atoms with Crippen molar-refractivity contribution in [3.63, 3.8) is 0 Å². The van der Waals surface area contributed by atoms with Gasteiger partial charge in [0.15, 0.2) is 0 Å². The van der Waals surface area contributed by atoms with Crippen LogP contribution >= 0.6 is 0 Å². The van der Waals surface area contributed by atoms with E-state index in [2.05, 4.69) is 6.92 Å². The fourth-order valence-corrected chi connectivity index (χ4v) is 2.44. The number of carbonyl (C=O) groups excluding carboxylic acids is 1. The predicted octanol–water partition coefficient (Wildman–Crippen LogP) is 2.73. The summed E-state index contributed by atoms with van der Waals surface area (Å²) < 4.78 is 0. The molecule has 1 aliphatic carbocycles. The summed E-state index contributed by atoms with van der Waals surface area (Å²) in [7, 11) is 0. The van der Waals surface area contributed by atoms with Crippen molar-refractivity contribution >= 4 is 5.78 Å². The highest BCUT2D eigenvalue weighted by Gasteiger charge is 2.32. The summed E-state index contributed by atoms with van der Waals surface area (Å²) in [6.07, 6.45) is 1.78. The third-order valence-corrected chi connectivity index (χ3v) is 3.48. The monoisotopic (exact) mass is 218 g/mol. The van der Waals surface area contributed by atoms with E-state index < -0.39 is 6.10 Å². The van der Waals surface area contributed by atoms with Crippen molar-refractivity contribution in [2.45, 2.75) is 32.3 Å². The van der Waals surface area contributed by atoms with Gasteiger partial charge in [-0.25, -0.2) is 0 Å². The molecule has 3 atom stereocenters. The summed E-state index contributed by atoms with van der Waals surface area (Å²) in [5.41, 5.74) is 0.856. The zero-order valence-corrected chi connectivity index (χ0v) is 9.60. The van der Waals surface area contributed by atoms with Crippen molar-refractivity contribution in [2.75, 3.05) is 0 Å². The summed E-state index contributed by atoms with van der Waals surface area (Å²) >= 11 is 0. The summed E-state index contributed by atoms with van der Waals surface area (Å²) in [6, 6.07) is 9.49. The number of ketones is 1. The minimum absolute atomic E-state index is 0.203. The normalized spacial score (nSPS) is 27.8. The quantitative estimate of drug-likeness (QED) is 0.828. The molecule has 1 N–H and O–H groups in total. The molecule has 2 heteroatoms. The summed E-state index contributed by atoms with van der Waals surface area (Å²) in [5, 5.41) is 10.2. The van der Waals surface area contributed by atoms with E-state index in [1.807, 2.05) is 30.3 Å². The molecule has 0 aromatic heterocycles. The van der Waals surface area contributed by atoms with Gasteiger partial charge in [-0.15, -0.1) is 0 Å². The van der Waals surface area contributed by atoms with E-state index in [9.17, 15) is 9.90 Å². The molecule has 1 aromatic rings. The molecule has 1 saturated carbocycles. The minimum Gasteiger partial charge on any atom is -0.388 e. The Morgan fingerprint density at radius 2 is 2.00 bits per heavy atom. The maximum absolute atomic E-state index is 11.8. The van der Waals surface area contributed by atoms with Crippen LogP contribution in [0.4, 0.5) is 0 Å². The molecule has 0 heterocycles. The van der Waals surface area contributed by atoms with Crippen LogP contribution in [-0.4, -0.2) is 10.9 Å². The van der Waals surface area contributed by atoms with Crippen molar-refractivity contribution in [1.82, 2.24) is 0 Å². The van der Waals surface area contributed by atoms with Crippen LogP contribution in [0.3, 0.4) is 0 Å². The molecular formula is C14H18O2. The van der Waals surface area contributed by atoms with Gasteiger partial charge in [0.2, 0.25) is 0 Å². The van der Waals surface area contributed by atoms with Gasteiger partial charge in [-0.3, -0.25) is 4.79 Å². The Hall–Kier alpha value is -1.15. The Labute approximate surface area is 96.3 Å². The molecule has 0 aliphatic heterocycles. The Bertz CT molecular complexity index is 358. The molecular weight excluding hydrogens is 200 g/mol. The number of hydrogen-bond acceptors (Lipinski definition) is 2. The van der Waals surface area contributed by atoms with Gasteiger partial charge in [0.25, 0.3) is 0 Å². The van der Waals surface area contributed by atoms with E-state index in [0.29, 0.717) is 12.3 Å². The van der Waals surface area contributed by atoms with Gasteiger partial charge in [0, 0.05) is 12.3 Å². The first-order valence-electron chi connectivity index (χ1n) is 5.94. The predicted molar refractivity (Wildman–Crippen MR) is 62.9 cm³/mol. The lowest BCUT2D eigenvalue weighted by Gasteiger charge is -2.29. The van der Waals surface area contributed by atoms with Crippen molar-refractivity contribution in [3.05, 3.63) is 35.9 Å². The van der Waals surface area contributed by atoms with Crippen LogP contribution in [0.5, 0.6) is 0 Å². The first kappa shape index (κ1) is 11.3. The molecule has 0 saturated heterocycles.